The molecule has 0 radical (unpaired) electrons. The first-order valence-electron chi connectivity index (χ1n) is 20.9. The Hall–Kier alpha value is -1.84. The Labute approximate surface area is 396 Å². The first-order chi connectivity index (χ1) is 25.0. The Kier molecular flexibility index (Phi) is 18.0. The molecule has 5 heteroatoms. The van der Waals surface area contributed by atoms with Crippen LogP contribution in [0.15, 0.2) is 102 Å². The van der Waals surface area contributed by atoms with Crippen molar-refractivity contribution in [2.45, 2.75) is 170 Å². The van der Waals surface area contributed by atoms with Crippen molar-refractivity contribution in [3.05, 3.63) is 147 Å². The minimum absolute atomic E-state index is 0. The number of hydrogen-bond donors (Lipinski definition) is 0. The van der Waals surface area contributed by atoms with Crippen molar-refractivity contribution in [2.24, 2.45) is 0 Å². The van der Waals surface area contributed by atoms with Crippen LogP contribution in [-0.2, 0) is 60.6 Å². The first-order valence-corrected chi connectivity index (χ1v) is 22.9. The van der Waals surface area contributed by atoms with E-state index < -0.39 is 8.07 Å². The minimum atomic E-state index is -3.13. The molecule has 0 bridgehead atoms. The molecule has 59 heavy (non-hydrogen) atoms. The largest absolute Gasteiger partial charge is 4.00 e. The van der Waals surface area contributed by atoms with Crippen LogP contribution in [0.25, 0.3) is 0 Å². The van der Waals surface area contributed by atoms with Crippen LogP contribution < -0.4 is 52.8 Å². The van der Waals surface area contributed by atoms with Gasteiger partial charge in [-0.2, -0.15) is 11.6 Å². The molecule has 1 aliphatic carbocycles. The molecular weight excluding hydrogens is 831 g/mol. The van der Waals surface area contributed by atoms with Gasteiger partial charge in [0.05, 0.1) is 0 Å². The SMILES string of the molecule is CC(C)(C)c1cc(C(C)(C)C)cc([Si](C2=[C-]CC=C2Cc2ccccc2)(c2cc(C(C)(C)C)cc(C(C)(C)C)c2)c2cc(C(C)(C)C)cc(C(C)(C)C)c2)c1.[Cl-].[Cl-].[Cl-].[Ti+4]. The molecule has 5 rings (SSSR count). The summed E-state index contributed by atoms with van der Waals surface area (Å²) in [6, 6.07) is 34.4. The number of hydrogen-bond acceptors (Lipinski definition) is 0. The molecule has 4 aromatic carbocycles. The van der Waals surface area contributed by atoms with Crippen molar-refractivity contribution in [2.75, 3.05) is 0 Å². The molecule has 0 amide bonds. The Balaban J connectivity index is 0.00000435. The molecule has 318 valence electrons. The normalized spacial score (nSPS) is 13.9. The molecule has 4 aromatic rings. The summed E-state index contributed by atoms with van der Waals surface area (Å²) in [5.41, 5.74) is 11.1. The van der Waals surface area contributed by atoms with Crippen LogP contribution in [0.3, 0.4) is 0 Å². The van der Waals surface area contributed by atoms with Crippen LogP contribution in [0.4, 0.5) is 0 Å². The van der Waals surface area contributed by atoms with Crippen molar-refractivity contribution in [3.63, 3.8) is 0 Å². The maximum Gasteiger partial charge on any atom is 4.00 e. The van der Waals surface area contributed by atoms with E-state index >= 15 is 0 Å². The third kappa shape index (κ3) is 12.2. The Bertz CT molecular complexity index is 1820. The van der Waals surface area contributed by atoms with E-state index in [1.807, 2.05) is 0 Å². The molecule has 0 aliphatic heterocycles. The van der Waals surface area contributed by atoms with Gasteiger partial charge in [0.15, 0.2) is 0 Å². The zero-order chi connectivity index (χ0) is 41.2. The second kappa shape index (κ2) is 19.3. The first kappa shape index (κ1) is 55.2. The van der Waals surface area contributed by atoms with E-state index in [0.29, 0.717) is 0 Å². The smallest absolute Gasteiger partial charge is 1.00 e. The van der Waals surface area contributed by atoms with E-state index in [9.17, 15) is 0 Å². The van der Waals surface area contributed by atoms with Crippen LogP contribution in [0.2, 0.25) is 0 Å². The molecule has 0 atom stereocenters. The van der Waals surface area contributed by atoms with Gasteiger partial charge in [0, 0.05) is 0 Å². The van der Waals surface area contributed by atoms with Gasteiger partial charge in [-0.15, -0.1) is 6.42 Å². The van der Waals surface area contributed by atoms with E-state index in [0.717, 1.165) is 12.8 Å². The van der Waals surface area contributed by atoms with Crippen LogP contribution >= 0.6 is 0 Å². The summed E-state index contributed by atoms with van der Waals surface area (Å²) in [4.78, 5) is 0. The minimum Gasteiger partial charge on any atom is -1.00 e. The van der Waals surface area contributed by atoms with Crippen molar-refractivity contribution in [1.29, 1.82) is 0 Å². The summed E-state index contributed by atoms with van der Waals surface area (Å²) in [5, 5.41) is 5.87. The molecule has 1 aliphatic rings. The van der Waals surface area contributed by atoms with Crippen LogP contribution in [0.1, 0.15) is 170 Å². The molecule has 0 unspecified atom stereocenters. The third-order valence-corrected chi connectivity index (χ3v) is 16.6. The monoisotopic (exact) mass is 902 g/mol. The van der Waals surface area contributed by atoms with Crippen molar-refractivity contribution in [3.8, 4) is 0 Å². The van der Waals surface area contributed by atoms with Gasteiger partial charge in [0.1, 0.15) is 8.07 Å². The van der Waals surface area contributed by atoms with Crippen LogP contribution in [0, 0.1) is 6.08 Å². The van der Waals surface area contributed by atoms with E-state index in [2.05, 4.69) is 222 Å². The summed E-state index contributed by atoms with van der Waals surface area (Å²) >= 11 is 0. The van der Waals surface area contributed by atoms with E-state index in [-0.39, 0.29) is 91.4 Å². The molecule has 0 aromatic heterocycles. The number of halogens is 3. The average Bonchev–Trinajstić information content (AvgIpc) is 3.51. The zero-order valence-electron chi connectivity index (χ0n) is 39.7. The molecule has 0 N–H and O–H groups in total. The Morgan fingerprint density at radius 1 is 0.424 bits per heavy atom. The molecule has 0 saturated carbocycles. The summed E-state index contributed by atoms with van der Waals surface area (Å²) in [7, 11) is -3.13. The Morgan fingerprint density at radius 3 is 0.949 bits per heavy atom. The topological polar surface area (TPSA) is 0 Å². The third-order valence-electron chi connectivity index (χ3n) is 11.9. The van der Waals surface area contributed by atoms with E-state index in [1.54, 1.807) is 0 Å². The predicted octanol–water partition coefficient (Wildman–Crippen LogP) is 3.79. The second-order valence-corrected chi connectivity index (χ2v) is 26.5. The Morgan fingerprint density at radius 2 is 0.695 bits per heavy atom. The van der Waals surface area contributed by atoms with Gasteiger partial charge in [-0.05, 0) is 81.4 Å². The molecule has 0 heterocycles. The standard InChI is InChI=1S/C54H73Si.3ClH.Ti/c1-49(2,3)39-28-40(50(4,5)6)32-45(31-39)55(48-26-22-25-38(48)27-37-23-20-19-21-24-37,46-33-41(51(7,8)9)29-42(34-46)52(10,11)12)47-35-43(53(13,14)15)30-44(36-47)54(16,17)18;;;;/h19-21,23-25,28-36H,22,27H2,1-18H3;3*1H;/q-1;;;;+4/p-3. The fourth-order valence-electron chi connectivity index (χ4n) is 7.91. The van der Waals surface area contributed by atoms with Crippen molar-refractivity contribution < 1.29 is 58.9 Å². The number of allylic oxidation sites excluding steroid dienone is 4. The second-order valence-electron chi connectivity index (χ2n) is 22.8. The van der Waals surface area contributed by atoms with Gasteiger partial charge >= 0.3 is 21.7 Å². The summed E-state index contributed by atoms with van der Waals surface area (Å²) in [6.45, 7) is 43.0. The quantitative estimate of drug-likeness (QED) is 0.157. The van der Waals surface area contributed by atoms with E-state index in [1.165, 1.54) is 65.3 Å². The van der Waals surface area contributed by atoms with Gasteiger partial charge in [0.25, 0.3) is 0 Å². The van der Waals surface area contributed by atoms with Gasteiger partial charge in [-0.1, -0.05) is 222 Å². The molecule has 0 nitrogen and oxygen atoms in total. The molecule has 0 saturated heterocycles. The molecule has 0 fully saturated rings. The van der Waals surface area contributed by atoms with Crippen molar-refractivity contribution >= 4 is 23.6 Å². The van der Waals surface area contributed by atoms with Crippen molar-refractivity contribution in [1.82, 2.24) is 0 Å². The van der Waals surface area contributed by atoms with E-state index in [4.69, 9.17) is 0 Å². The average molecular weight is 904 g/mol. The molecular formula is C54H73Cl3SiTi. The summed E-state index contributed by atoms with van der Waals surface area (Å²) in [6.07, 6.45) is 8.44. The van der Waals surface area contributed by atoms with Gasteiger partial charge in [-0.25, -0.2) is 5.20 Å². The predicted molar refractivity (Wildman–Crippen MR) is 246 cm³/mol. The van der Waals surface area contributed by atoms with Crippen LogP contribution in [0.5, 0.6) is 0 Å². The maximum atomic E-state index is 4.20. The summed E-state index contributed by atoms with van der Waals surface area (Å²) < 4.78 is 0. The fourth-order valence-corrected chi connectivity index (χ4v) is 13.0. The number of benzene rings is 4. The van der Waals surface area contributed by atoms with Gasteiger partial charge in [0.2, 0.25) is 0 Å². The fraction of sp³-hybridized carbons (Fsp3) is 0.481. The van der Waals surface area contributed by atoms with Crippen LogP contribution in [-0.4, -0.2) is 8.07 Å². The molecule has 0 spiro atoms. The maximum absolute atomic E-state index is 4.20. The number of rotatable bonds is 6. The van der Waals surface area contributed by atoms with Gasteiger partial charge < -0.3 is 37.2 Å². The summed E-state index contributed by atoms with van der Waals surface area (Å²) in [5.74, 6) is 0. The zero-order valence-corrected chi connectivity index (χ0v) is 44.5. The van der Waals surface area contributed by atoms with Gasteiger partial charge in [-0.3, -0.25) is 6.08 Å².